The van der Waals surface area contributed by atoms with E-state index in [2.05, 4.69) is 169 Å². The standard InChI is InChI=1S/C46H29NOS/c1-3-13-30(14-4-1)33-26-27-41(36-18-8-7-17-35(33)36)47(32-23-28-43-40(29-32)37-19-9-11-21-42(37)48-43)45-34(31-15-5-2-6-16-31)24-25-39-38-20-10-12-22-44(38)49-46(39)45/h1-29H. The molecule has 0 aliphatic rings. The van der Waals surface area contributed by atoms with Gasteiger partial charge in [0.15, 0.2) is 0 Å². The maximum Gasteiger partial charge on any atom is 0.135 e. The molecular formula is C46H29NOS. The van der Waals surface area contributed by atoms with Gasteiger partial charge in [0.1, 0.15) is 11.2 Å². The number of hydrogen-bond acceptors (Lipinski definition) is 3. The predicted molar refractivity (Wildman–Crippen MR) is 210 cm³/mol. The Balaban J connectivity index is 1.35. The Kier molecular flexibility index (Phi) is 6.39. The lowest BCUT2D eigenvalue weighted by molar-refractivity contribution is 0.669. The smallest absolute Gasteiger partial charge is 0.135 e. The molecule has 49 heavy (non-hydrogen) atoms. The van der Waals surface area contributed by atoms with Crippen molar-refractivity contribution in [3.63, 3.8) is 0 Å². The Bertz CT molecular complexity index is 2830. The molecule has 0 spiro atoms. The van der Waals surface area contributed by atoms with Crippen LogP contribution in [0.1, 0.15) is 0 Å². The third kappa shape index (κ3) is 4.47. The second-order valence-electron chi connectivity index (χ2n) is 12.5. The zero-order valence-electron chi connectivity index (χ0n) is 26.5. The summed E-state index contributed by atoms with van der Waals surface area (Å²) in [4.78, 5) is 2.50. The van der Waals surface area contributed by atoms with Gasteiger partial charge in [-0.1, -0.05) is 140 Å². The van der Waals surface area contributed by atoms with Gasteiger partial charge >= 0.3 is 0 Å². The first kappa shape index (κ1) is 27.9. The van der Waals surface area contributed by atoms with Crippen molar-refractivity contribution in [3.05, 3.63) is 176 Å². The van der Waals surface area contributed by atoms with Gasteiger partial charge in [-0.05, 0) is 58.5 Å². The highest BCUT2D eigenvalue weighted by Gasteiger charge is 2.25. The van der Waals surface area contributed by atoms with Crippen LogP contribution in [0.3, 0.4) is 0 Å². The maximum absolute atomic E-state index is 6.32. The molecule has 3 heteroatoms. The molecule has 0 N–H and O–H groups in total. The van der Waals surface area contributed by atoms with Crippen molar-refractivity contribution in [3.8, 4) is 22.3 Å². The Morgan fingerprint density at radius 2 is 1.02 bits per heavy atom. The number of rotatable bonds is 5. The first-order valence-electron chi connectivity index (χ1n) is 16.6. The van der Waals surface area contributed by atoms with Crippen LogP contribution < -0.4 is 4.90 Å². The summed E-state index contributed by atoms with van der Waals surface area (Å²) in [5, 5.41) is 7.18. The summed E-state index contributed by atoms with van der Waals surface area (Å²) >= 11 is 1.87. The summed E-state index contributed by atoms with van der Waals surface area (Å²) in [6, 6.07) is 63.3. The number of para-hydroxylation sites is 1. The van der Waals surface area contributed by atoms with Crippen LogP contribution >= 0.6 is 11.3 Å². The molecule has 0 saturated carbocycles. The molecule has 2 heterocycles. The Hall–Kier alpha value is -6.16. The fraction of sp³-hybridized carbons (Fsp3) is 0. The van der Waals surface area contributed by atoms with Crippen molar-refractivity contribution in [2.45, 2.75) is 0 Å². The van der Waals surface area contributed by atoms with E-state index in [1.807, 2.05) is 23.5 Å². The van der Waals surface area contributed by atoms with Crippen molar-refractivity contribution in [2.75, 3.05) is 4.90 Å². The molecule has 0 bridgehead atoms. The summed E-state index contributed by atoms with van der Waals surface area (Å²) in [6.07, 6.45) is 0. The van der Waals surface area contributed by atoms with Crippen LogP contribution in [0.4, 0.5) is 17.1 Å². The van der Waals surface area contributed by atoms with Crippen molar-refractivity contribution in [1.29, 1.82) is 0 Å². The highest BCUT2D eigenvalue weighted by atomic mass is 32.1. The summed E-state index contributed by atoms with van der Waals surface area (Å²) in [5.74, 6) is 0. The number of thiophene rings is 1. The van der Waals surface area contributed by atoms with Gasteiger partial charge in [-0.2, -0.15) is 0 Å². The van der Waals surface area contributed by atoms with E-state index >= 15 is 0 Å². The first-order chi connectivity index (χ1) is 24.3. The summed E-state index contributed by atoms with van der Waals surface area (Å²) < 4.78 is 8.86. The highest BCUT2D eigenvalue weighted by molar-refractivity contribution is 7.26. The van der Waals surface area contributed by atoms with Crippen LogP contribution in [0.2, 0.25) is 0 Å². The van der Waals surface area contributed by atoms with Crippen molar-refractivity contribution >= 4 is 81.3 Å². The second-order valence-corrected chi connectivity index (χ2v) is 13.5. The van der Waals surface area contributed by atoms with Gasteiger partial charge in [0.25, 0.3) is 0 Å². The van der Waals surface area contributed by atoms with Gasteiger partial charge in [0.2, 0.25) is 0 Å². The number of benzene rings is 8. The van der Waals surface area contributed by atoms with Gasteiger partial charge in [-0.15, -0.1) is 11.3 Å². The molecule has 0 radical (unpaired) electrons. The number of nitrogens with zero attached hydrogens (tertiary/aromatic N) is 1. The fourth-order valence-corrected chi connectivity index (χ4v) is 8.68. The van der Waals surface area contributed by atoms with E-state index in [9.17, 15) is 0 Å². The van der Waals surface area contributed by atoms with Gasteiger partial charge in [0, 0.05) is 42.9 Å². The number of fused-ring (bicyclic) bond motifs is 7. The number of furan rings is 1. The fourth-order valence-electron chi connectivity index (χ4n) is 7.44. The first-order valence-corrected chi connectivity index (χ1v) is 17.4. The van der Waals surface area contributed by atoms with Crippen LogP contribution in [-0.2, 0) is 0 Å². The van der Waals surface area contributed by atoms with E-state index in [1.54, 1.807) is 0 Å². The quantitative estimate of drug-likeness (QED) is 0.186. The Morgan fingerprint density at radius 3 is 1.82 bits per heavy atom. The normalized spacial score (nSPS) is 11.7. The Morgan fingerprint density at radius 1 is 0.408 bits per heavy atom. The van der Waals surface area contributed by atoms with E-state index in [4.69, 9.17) is 4.42 Å². The van der Waals surface area contributed by atoms with Gasteiger partial charge in [-0.25, -0.2) is 0 Å². The van der Waals surface area contributed by atoms with E-state index in [-0.39, 0.29) is 0 Å². The number of hydrogen-bond donors (Lipinski definition) is 0. The molecule has 8 aromatic carbocycles. The van der Waals surface area contributed by atoms with Crippen molar-refractivity contribution < 1.29 is 4.42 Å². The molecular weight excluding hydrogens is 615 g/mol. The third-order valence-corrected chi connectivity index (χ3v) is 10.9. The summed E-state index contributed by atoms with van der Waals surface area (Å²) in [7, 11) is 0. The molecule has 0 amide bonds. The minimum atomic E-state index is 0.887. The van der Waals surface area contributed by atoms with Crippen LogP contribution in [0, 0.1) is 0 Å². The average molecular weight is 644 g/mol. The minimum absolute atomic E-state index is 0.887. The van der Waals surface area contributed by atoms with Crippen LogP contribution in [0.5, 0.6) is 0 Å². The topological polar surface area (TPSA) is 16.4 Å². The molecule has 0 unspecified atom stereocenters. The monoisotopic (exact) mass is 643 g/mol. The largest absolute Gasteiger partial charge is 0.456 e. The van der Waals surface area contributed by atoms with Gasteiger partial charge < -0.3 is 9.32 Å². The second kappa shape index (κ2) is 11.2. The minimum Gasteiger partial charge on any atom is -0.456 e. The molecule has 2 aromatic heterocycles. The third-order valence-electron chi connectivity index (χ3n) is 9.67. The van der Waals surface area contributed by atoms with E-state index < -0.39 is 0 Å². The van der Waals surface area contributed by atoms with E-state index in [0.717, 1.165) is 33.3 Å². The van der Waals surface area contributed by atoms with Crippen molar-refractivity contribution in [1.82, 2.24) is 0 Å². The molecule has 0 fully saturated rings. The molecule has 10 rings (SSSR count). The van der Waals surface area contributed by atoms with Crippen LogP contribution in [-0.4, -0.2) is 0 Å². The van der Waals surface area contributed by atoms with Crippen LogP contribution in [0.25, 0.3) is 75.1 Å². The average Bonchev–Trinajstić information content (AvgIpc) is 3.74. The lowest BCUT2D eigenvalue weighted by Gasteiger charge is -2.30. The lowest BCUT2D eigenvalue weighted by atomic mass is 9.95. The molecule has 230 valence electrons. The maximum atomic E-state index is 6.32. The summed E-state index contributed by atoms with van der Waals surface area (Å²) in [6.45, 7) is 0. The lowest BCUT2D eigenvalue weighted by Crippen LogP contribution is -2.12. The summed E-state index contributed by atoms with van der Waals surface area (Å²) in [5.41, 5.74) is 9.97. The SMILES string of the molecule is c1ccc(-c2ccc3c(sc4ccccc43)c2N(c2ccc3oc4ccccc4c3c2)c2ccc(-c3ccccc3)c3ccccc23)cc1. The van der Waals surface area contributed by atoms with Crippen molar-refractivity contribution in [2.24, 2.45) is 0 Å². The zero-order valence-corrected chi connectivity index (χ0v) is 27.3. The van der Waals surface area contributed by atoms with Crippen LogP contribution in [0.15, 0.2) is 180 Å². The van der Waals surface area contributed by atoms with Gasteiger partial charge in [-0.3, -0.25) is 0 Å². The highest BCUT2D eigenvalue weighted by Crippen LogP contribution is 2.51. The molecule has 10 aromatic rings. The van der Waals surface area contributed by atoms with Gasteiger partial charge in [0.05, 0.1) is 16.1 Å². The predicted octanol–water partition coefficient (Wildman–Crippen LogP) is 13.9. The van der Waals surface area contributed by atoms with E-state index in [0.29, 0.717) is 0 Å². The molecule has 0 aliphatic carbocycles. The zero-order chi connectivity index (χ0) is 32.3. The Labute approximate surface area is 287 Å². The molecule has 0 saturated heterocycles. The number of anilines is 3. The molecule has 0 atom stereocenters. The van der Waals surface area contributed by atoms with E-state index in [1.165, 1.54) is 58.9 Å². The molecule has 2 nitrogen and oxygen atoms in total. The molecule has 0 aliphatic heterocycles.